The molecule has 0 unspecified atom stereocenters. The van der Waals surface area contributed by atoms with Gasteiger partial charge in [-0.05, 0) is 25.3 Å². The Bertz CT molecular complexity index is 501. The van der Waals surface area contributed by atoms with E-state index in [0.29, 0.717) is 6.42 Å². The average Bonchev–Trinajstić information content (AvgIpc) is 2.56. The van der Waals surface area contributed by atoms with Gasteiger partial charge in [0.05, 0.1) is 0 Å². The molecule has 1 aromatic carbocycles. The Kier molecular flexibility index (Phi) is 11.7. The normalized spacial score (nSPS) is 11.6. The summed E-state index contributed by atoms with van der Waals surface area (Å²) >= 11 is 0. The van der Waals surface area contributed by atoms with Crippen molar-refractivity contribution in [2.45, 2.75) is 53.9 Å². The predicted molar refractivity (Wildman–Crippen MR) is 99.3 cm³/mol. The first kappa shape index (κ1) is 20.1. The van der Waals surface area contributed by atoms with E-state index in [2.05, 4.69) is 44.2 Å². The molecule has 0 N–H and O–H groups in total. The second kappa shape index (κ2) is 12.8. The van der Waals surface area contributed by atoms with Crippen LogP contribution in [-0.2, 0) is 0 Å². The van der Waals surface area contributed by atoms with E-state index < -0.39 is 0 Å². The maximum atomic E-state index is 11.7. The van der Waals surface area contributed by atoms with Crippen LogP contribution in [0.15, 0.2) is 54.1 Å². The predicted octanol–water partition coefficient (Wildman–Crippen LogP) is 6.62. The van der Waals surface area contributed by atoms with Crippen molar-refractivity contribution in [3.63, 3.8) is 0 Å². The van der Waals surface area contributed by atoms with Crippen LogP contribution in [0.4, 0.5) is 0 Å². The van der Waals surface area contributed by atoms with Crippen molar-refractivity contribution in [3.05, 3.63) is 65.3 Å². The summed E-state index contributed by atoms with van der Waals surface area (Å²) in [6.45, 7) is 10.2. The van der Waals surface area contributed by atoms with Crippen LogP contribution in [0.25, 0.3) is 6.08 Å². The van der Waals surface area contributed by atoms with Crippen molar-refractivity contribution in [2.75, 3.05) is 0 Å². The van der Waals surface area contributed by atoms with Crippen molar-refractivity contribution in [3.8, 4) is 0 Å². The summed E-state index contributed by atoms with van der Waals surface area (Å²) < 4.78 is 0. The Hall–Kier alpha value is -1.89. The molecule has 1 rings (SSSR count). The minimum atomic E-state index is 0.226. The average molecular weight is 298 g/mol. The molecule has 1 aromatic rings. The van der Waals surface area contributed by atoms with Gasteiger partial charge in [-0.1, -0.05) is 87.9 Å². The molecule has 0 spiro atoms. The van der Waals surface area contributed by atoms with Gasteiger partial charge < -0.3 is 0 Å². The number of carbonyl (C=O) groups is 1. The lowest BCUT2D eigenvalue weighted by Crippen LogP contribution is -1.97. The summed E-state index contributed by atoms with van der Waals surface area (Å²) in [6, 6.07) is 7.81. The first-order chi connectivity index (χ1) is 10.7. The number of hydrogen-bond acceptors (Lipinski definition) is 1. The van der Waals surface area contributed by atoms with E-state index in [1.54, 1.807) is 0 Å². The molecule has 0 saturated carbocycles. The molecule has 0 aliphatic heterocycles. The highest BCUT2D eigenvalue weighted by atomic mass is 16.1. The molecule has 0 bridgehead atoms. The highest BCUT2D eigenvalue weighted by molar-refractivity contribution is 5.96. The molecule has 0 radical (unpaired) electrons. The van der Waals surface area contributed by atoms with E-state index in [-0.39, 0.29) is 5.78 Å². The second-order valence-electron chi connectivity index (χ2n) is 4.88. The van der Waals surface area contributed by atoms with E-state index in [1.807, 2.05) is 45.0 Å². The number of allylic oxidation sites excluding steroid dienone is 5. The van der Waals surface area contributed by atoms with Gasteiger partial charge >= 0.3 is 0 Å². The first-order valence-corrected chi connectivity index (χ1v) is 8.32. The summed E-state index contributed by atoms with van der Waals surface area (Å²) in [5, 5.41) is 0. The Morgan fingerprint density at radius 1 is 1.09 bits per heavy atom. The van der Waals surface area contributed by atoms with Crippen molar-refractivity contribution in [1.82, 2.24) is 0 Å². The summed E-state index contributed by atoms with van der Waals surface area (Å²) in [5.74, 6) is 0.226. The number of Topliss-reactive ketones (excluding diaryl/α,β-unsaturated/α-hetero) is 1. The van der Waals surface area contributed by atoms with E-state index >= 15 is 0 Å². The van der Waals surface area contributed by atoms with E-state index in [4.69, 9.17) is 0 Å². The van der Waals surface area contributed by atoms with Crippen molar-refractivity contribution >= 4 is 11.9 Å². The fourth-order valence-electron chi connectivity index (χ4n) is 1.79. The monoisotopic (exact) mass is 298 g/mol. The summed E-state index contributed by atoms with van der Waals surface area (Å²) in [7, 11) is 0. The fraction of sp³-hybridized carbons (Fsp3) is 0.381. The number of ketones is 1. The number of benzene rings is 1. The molecule has 120 valence electrons. The molecule has 0 aliphatic rings. The zero-order chi connectivity index (χ0) is 16.8. The largest absolute Gasteiger partial charge is 0.294 e. The van der Waals surface area contributed by atoms with E-state index in [9.17, 15) is 4.79 Å². The maximum absolute atomic E-state index is 11.7. The zero-order valence-corrected chi connectivity index (χ0v) is 14.7. The van der Waals surface area contributed by atoms with Crippen LogP contribution in [0.5, 0.6) is 0 Å². The minimum Gasteiger partial charge on any atom is -0.294 e. The quantitative estimate of drug-likeness (QED) is 0.408. The van der Waals surface area contributed by atoms with Crippen LogP contribution in [0, 0.1) is 0 Å². The highest BCUT2D eigenvalue weighted by Gasteiger charge is 2.02. The molecule has 0 saturated heterocycles. The Morgan fingerprint density at radius 3 is 2.27 bits per heavy atom. The molecule has 0 atom stereocenters. The van der Waals surface area contributed by atoms with Gasteiger partial charge in [0.25, 0.3) is 0 Å². The Balaban J connectivity index is 0.00000211. The SMILES string of the molecule is CC.CC/C=C/C=C(C)/C=C/c1ccc(C(=O)CCC)cc1. The fourth-order valence-corrected chi connectivity index (χ4v) is 1.79. The topological polar surface area (TPSA) is 17.1 Å². The van der Waals surface area contributed by atoms with Crippen molar-refractivity contribution in [2.24, 2.45) is 0 Å². The maximum Gasteiger partial charge on any atom is 0.162 e. The van der Waals surface area contributed by atoms with Gasteiger partial charge in [-0.3, -0.25) is 4.79 Å². The lowest BCUT2D eigenvalue weighted by atomic mass is 10.0. The van der Waals surface area contributed by atoms with Crippen LogP contribution in [0.2, 0.25) is 0 Å². The first-order valence-electron chi connectivity index (χ1n) is 8.32. The van der Waals surface area contributed by atoms with E-state index in [0.717, 1.165) is 24.0 Å². The summed E-state index contributed by atoms with van der Waals surface area (Å²) in [5.41, 5.74) is 3.13. The van der Waals surface area contributed by atoms with Gasteiger partial charge in [0.15, 0.2) is 5.78 Å². The molecular weight excluding hydrogens is 268 g/mol. The van der Waals surface area contributed by atoms with Crippen molar-refractivity contribution < 1.29 is 4.79 Å². The van der Waals surface area contributed by atoms with Crippen LogP contribution in [0.1, 0.15) is 69.8 Å². The van der Waals surface area contributed by atoms with Gasteiger partial charge in [-0.2, -0.15) is 0 Å². The van der Waals surface area contributed by atoms with Crippen LogP contribution < -0.4 is 0 Å². The third-order valence-corrected chi connectivity index (χ3v) is 2.98. The molecule has 1 heteroatoms. The van der Waals surface area contributed by atoms with Crippen molar-refractivity contribution in [1.29, 1.82) is 0 Å². The van der Waals surface area contributed by atoms with Gasteiger partial charge in [0, 0.05) is 12.0 Å². The van der Waals surface area contributed by atoms with Gasteiger partial charge in [-0.25, -0.2) is 0 Å². The van der Waals surface area contributed by atoms with Crippen LogP contribution >= 0.6 is 0 Å². The number of carbonyl (C=O) groups excluding carboxylic acids is 1. The van der Waals surface area contributed by atoms with E-state index in [1.165, 1.54) is 5.57 Å². The standard InChI is InChI=1S/C19H24O.C2H6/c1-4-6-7-9-16(3)10-11-17-12-14-18(15-13-17)19(20)8-5-2;1-2/h6-7,9-15H,4-5,8H2,1-3H3;1-2H3/b7-6+,11-10+,16-9+;. The zero-order valence-electron chi connectivity index (χ0n) is 14.7. The lowest BCUT2D eigenvalue weighted by Gasteiger charge is -2.00. The molecule has 0 heterocycles. The summed E-state index contributed by atoms with van der Waals surface area (Å²) in [6.07, 6.45) is 13.0. The van der Waals surface area contributed by atoms with Crippen LogP contribution in [0.3, 0.4) is 0 Å². The van der Waals surface area contributed by atoms with Gasteiger partial charge in [0.2, 0.25) is 0 Å². The molecule has 0 amide bonds. The number of rotatable bonds is 7. The lowest BCUT2D eigenvalue weighted by molar-refractivity contribution is 0.0982. The third kappa shape index (κ3) is 8.41. The molecule has 22 heavy (non-hydrogen) atoms. The molecule has 0 fully saturated rings. The molecule has 0 aromatic heterocycles. The number of hydrogen-bond donors (Lipinski definition) is 0. The van der Waals surface area contributed by atoms with Gasteiger partial charge in [0.1, 0.15) is 0 Å². The third-order valence-electron chi connectivity index (χ3n) is 2.98. The smallest absolute Gasteiger partial charge is 0.162 e. The highest BCUT2D eigenvalue weighted by Crippen LogP contribution is 2.10. The molecular formula is C21H30O. The Labute approximate surface area is 136 Å². The Morgan fingerprint density at radius 2 is 1.73 bits per heavy atom. The second-order valence-corrected chi connectivity index (χ2v) is 4.88. The van der Waals surface area contributed by atoms with Gasteiger partial charge in [-0.15, -0.1) is 0 Å². The molecule has 1 nitrogen and oxygen atoms in total. The van der Waals surface area contributed by atoms with Crippen LogP contribution in [-0.4, -0.2) is 5.78 Å². The summed E-state index contributed by atoms with van der Waals surface area (Å²) in [4.78, 5) is 11.7. The molecule has 0 aliphatic carbocycles. The minimum absolute atomic E-state index is 0.226.